The number of carbonyl (C=O) groups excluding carboxylic acids is 2. The van der Waals surface area contributed by atoms with Crippen molar-refractivity contribution < 1.29 is 9.59 Å². The molecule has 0 spiro atoms. The van der Waals surface area contributed by atoms with Gasteiger partial charge in [0.2, 0.25) is 0 Å². The zero-order valence-electron chi connectivity index (χ0n) is 20.5. The summed E-state index contributed by atoms with van der Waals surface area (Å²) in [7, 11) is 0. The van der Waals surface area contributed by atoms with Crippen LogP contribution in [0.4, 0.5) is 5.69 Å². The second-order valence-corrected chi connectivity index (χ2v) is 9.48. The highest BCUT2D eigenvalue weighted by Crippen LogP contribution is 2.24. The zero-order chi connectivity index (χ0) is 25.2. The molecular formula is C29H28N6O2. The van der Waals surface area contributed by atoms with E-state index >= 15 is 0 Å². The average molecular weight is 493 g/mol. The molecule has 186 valence electrons. The number of hydrogen-bond donors (Lipinski definition) is 1. The van der Waals surface area contributed by atoms with E-state index in [2.05, 4.69) is 32.2 Å². The highest BCUT2D eigenvalue weighted by molar-refractivity contribution is 5.95. The fraction of sp³-hybridized carbons (Fsp3) is 0.241. The first kappa shape index (κ1) is 23.0. The van der Waals surface area contributed by atoms with Crippen LogP contribution >= 0.6 is 0 Å². The number of rotatable bonds is 4. The summed E-state index contributed by atoms with van der Waals surface area (Å²) >= 11 is 0. The minimum Gasteiger partial charge on any atom is -0.368 e. The predicted octanol–water partition coefficient (Wildman–Crippen LogP) is 3.63. The molecule has 1 saturated heterocycles. The smallest absolute Gasteiger partial charge is 0.272 e. The molecule has 2 aromatic heterocycles. The van der Waals surface area contributed by atoms with E-state index in [1.54, 1.807) is 18.5 Å². The van der Waals surface area contributed by atoms with Crippen molar-refractivity contribution in [3.63, 3.8) is 0 Å². The number of pyridine rings is 1. The number of fused-ring (bicyclic) bond motifs is 1. The third kappa shape index (κ3) is 4.70. The van der Waals surface area contributed by atoms with E-state index in [-0.39, 0.29) is 11.8 Å². The molecule has 8 nitrogen and oxygen atoms in total. The maximum absolute atomic E-state index is 13.3. The summed E-state index contributed by atoms with van der Waals surface area (Å²) in [6.45, 7) is 4.11. The van der Waals surface area contributed by atoms with Crippen LogP contribution in [0.3, 0.4) is 0 Å². The van der Waals surface area contributed by atoms with Crippen LogP contribution in [-0.4, -0.2) is 69.5 Å². The molecule has 6 rings (SSSR count). The van der Waals surface area contributed by atoms with Crippen molar-refractivity contribution in [1.82, 2.24) is 25.0 Å². The number of benzene rings is 2. The Morgan fingerprint density at radius 3 is 2.32 bits per heavy atom. The number of anilines is 1. The van der Waals surface area contributed by atoms with Crippen LogP contribution in [-0.2, 0) is 13.0 Å². The Morgan fingerprint density at radius 1 is 0.757 bits per heavy atom. The number of para-hydroxylation sites is 1. The van der Waals surface area contributed by atoms with Gasteiger partial charge in [-0.2, -0.15) is 5.10 Å². The van der Waals surface area contributed by atoms with Crippen LogP contribution in [0, 0.1) is 0 Å². The predicted molar refractivity (Wildman–Crippen MR) is 141 cm³/mol. The largest absolute Gasteiger partial charge is 0.368 e. The molecule has 0 bridgehead atoms. The molecule has 0 unspecified atom stereocenters. The molecule has 0 aliphatic carbocycles. The normalized spacial score (nSPS) is 15.4. The van der Waals surface area contributed by atoms with Gasteiger partial charge in [0.25, 0.3) is 11.8 Å². The lowest BCUT2D eigenvalue weighted by atomic mass is 9.96. The molecule has 2 amide bonds. The molecular weight excluding hydrogens is 464 g/mol. The van der Waals surface area contributed by atoms with Crippen molar-refractivity contribution in [3.8, 4) is 11.3 Å². The minimum atomic E-state index is -0.0905. The van der Waals surface area contributed by atoms with Gasteiger partial charge in [-0.3, -0.25) is 19.7 Å². The first-order valence-corrected chi connectivity index (χ1v) is 12.6. The number of piperazine rings is 1. The Balaban J connectivity index is 1.12. The zero-order valence-corrected chi connectivity index (χ0v) is 20.5. The summed E-state index contributed by atoms with van der Waals surface area (Å²) < 4.78 is 0. The number of aromatic amines is 1. The maximum atomic E-state index is 13.3. The fourth-order valence-corrected chi connectivity index (χ4v) is 5.12. The van der Waals surface area contributed by atoms with Crippen LogP contribution in [0.25, 0.3) is 11.3 Å². The first-order valence-electron chi connectivity index (χ1n) is 12.6. The Morgan fingerprint density at radius 2 is 1.54 bits per heavy atom. The lowest BCUT2D eigenvalue weighted by Gasteiger charge is -2.36. The molecule has 2 aromatic carbocycles. The summed E-state index contributed by atoms with van der Waals surface area (Å²) in [4.78, 5) is 36.6. The van der Waals surface area contributed by atoms with Crippen LogP contribution in [0.5, 0.6) is 0 Å². The number of nitrogens with one attached hydrogen (secondary N) is 1. The second kappa shape index (κ2) is 9.89. The van der Waals surface area contributed by atoms with Gasteiger partial charge in [-0.05, 0) is 60.0 Å². The van der Waals surface area contributed by atoms with E-state index in [4.69, 9.17) is 0 Å². The molecule has 0 saturated carbocycles. The van der Waals surface area contributed by atoms with Gasteiger partial charge in [-0.15, -0.1) is 0 Å². The van der Waals surface area contributed by atoms with Crippen molar-refractivity contribution in [3.05, 3.63) is 102 Å². The first-order chi connectivity index (χ1) is 18.2. The highest BCUT2D eigenvalue weighted by Gasteiger charge is 2.26. The van der Waals surface area contributed by atoms with Gasteiger partial charge in [-0.25, -0.2) is 0 Å². The number of aromatic nitrogens is 3. The van der Waals surface area contributed by atoms with Gasteiger partial charge in [0.15, 0.2) is 0 Å². The van der Waals surface area contributed by atoms with Crippen molar-refractivity contribution in [1.29, 1.82) is 0 Å². The molecule has 8 heteroatoms. The highest BCUT2D eigenvalue weighted by atomic mass is 16.2. The molecule has 4 aromatic rings. The molecule has 1 fully saturated rings. The van der Waals surface area contributed by atoms with E-state index in [1.165, 1.54) is 11.3 Å². The van der Waals surface area contributed by atoms with Crippen LogP contribution in [0.2, 0.25) is 0 Å². The van der Waals surface area contributed by atoms with Crippen molar-refractivity contribution in [2.45, 2.75) is 13.0 Å². The maximum Gasteiger partial charge on any atom is 0.272 e. The SMILES string of the molecule is O=C(c1ccc2c(c1)CN(C(=O)c1cc(-c3ccncc3)n[nH]1)CC2)N1CCN(c2ccccc2)CC1. The van der Waals surface area contributed by atoms with E-state index in [0.717, 1.165) is 30.6 Å². The molecule has 1 N–H and O–H groups in total. The third-order valence-corrected chi connectivity index (χ3v) is 7.23. The Kier molecular flexibility index (Phi) is 6.14. The van der Waals surface area contributed by atoms with E-state index in [0.29, 0.717) is 43.1 Å². The van der Waals surface area contributed by atoms with Crippen molar-refractivity contribution in [2.75, 3.05) is 37.6 Å². The van der Waals surface area contributed by atoms with Gasteiger partial charge in [0.05, 0.1) is 5.69 Å². The Labute approximate surface area is 215 Å². The summed E-state index contributed by atoms with van der Waals surface area (Å²) in [5.41, 5.74) is 6.17. The number of H-pyrrole nitrogens is 1. The standard InChI is InChI=1S/C29H28N6O2/c36-28(34-16-14-33(15-17-34)25-4-2-1-3-5-25)23-7-6-21-10-13-35(20-24(21)18-23)29(37)27-19-26(31-32-27)22-8-11-30-12-9-22/h1-9,11-12,18-19H,10,13-17,20H2,(H,31,32). The van der Waals surface area contributed by atoms with Crippen molar-refractivity contribution in [2.24, 2.45) is 0 Å². The monoisotopic (exact) mass is 492 g/mol. The summed E-state index contributed by atoms with van der Waals surface area (Å²) in [5, 5.41) is 7.19. The number of nitrogens with zero attached hydrogens (tertiary/aromatic N) is 5. The summed E-state index contributed by atoms with van der Waals surface area (Å²) in [5.74, 6) is -0.0401. The number of amides is 2. The van der Waals surface area contributed by atoms with Crippen LogP contribution < -0.4 is 4.90 Å². The minimum absolute atomic E-state index is 0.0505. The van der Waals surface area contributed by atoms with E-state index < -0.39 is 0 Å². The van der Waals surface area contributed by atoms with Crippen molar-refractivity contribution >= 4 is 17.5 Å². The quantitative estimate of drug-likeness (QED) is 0.470. The molecule has 2 aliphatic rings. The summed E-state index contributed by atoms with van der Waals surface area (Å²) in [6.07, 6.45) is 4.17. The van der Waals surface area contributed by atoms with Crippen LogP contribution in [0.15, 0.2) is 79.1 Å². The van der Waals surface area contributed by atoms with Gasteiger partial charge >= 0.3 is 0 Å². The molecule has 2 aliphatic heterocycles. The molecule has 4 heterocycles. The Hall–Kier alpha value is -4.46. The van der Waals surface area contributed by atoms with Gasteiger partial charge in [0.1, 0.15) is 5.69 Å². The summed E-state index contributed by atoms with van der Waals surface area (Å²) in [6, 6.07) is 21.8. The molecule has 0 radical (unpaired) electrons. The van der Waals surface area contributed by atoms with Gasteiger partial charge < -0.3 is 14.7 Å². The fourth-order valence-electron chi connectivity index (χ4n) is 5.12. The number of carbonyl (C=O) groups is 2. The topological polar surface area (TPSA) is 85.4 Å². The molecule has 37 heavy (non-hydrogen) atoms. The second-order valence-electron chi connectivity index (χ2n) is 9.48. The van der Waals surface area contributed by atoms with E-state index in [9.17, 15) is 9.59 Å². The Bertz CT molecular complexity index is 1410. The van der Waals surface area contributed by atoms with Gasteiger partial charge in [0, 0.05) is 68.5 Å². The van der Waals surface area contributed by atoms with Gasteiger partial charge in [-0.1, -0.05) is 24.3 Å². The lowest BCUT2D eigenvalue weighted by molar-refractivity contribution is 0.0728. The number of hydrogen-bond acceptors (Lipinski definition) is 5. The molecule has 0 atom stereocenters. The lowest BCUT2D eigenvalue weighted by Crippen LogP contribution is -2.48. The average Bonchev–Trinajstić information content (AvgIpc) is 3.47. The third-order valence-electron chi connectivity index (χ3n) is 7.23. The van der Waals surface area contributed by atoms with Crippen LogP contribution in [0.1, 0.15) is 32.0 Å². The van der Waals surface area contributed by atoms with E-state index in [1.807, 2.05) is 58.3 Å².